The minimum absolute atomic E-state index is 0.180. The van der Waals surface area contributed by atoms with Crippen LogP contribution in [0.1, 0.15) is 36.6 Å². The lowest BCUT2D eigenvalue weighted by Gasteiger charge is -2.26. The van der Waals surface area contributed by atoms with E-state index in [9.17, 15) is 14.4 Å². The van der Waals surface area contributed by atoms with Gasteiger partial charge < -0.3 is 9.47 Å². The van der Waals surface area contributed by atoms with Crippen LogP contribution in [0, 0.1) is 0 Å². The smallest absolute Gasteiger partial charge is 0.338 e. The molecule has 1 aliphatic heterocycles. The van der Waals surface area contributed by atoms with Gasteiger partial charge in [0.05, 0.1) is 28.5 Å². The Hall–Kier alpha value is -4.21. The van der Waals surface area contributed by atoms with Crippen molar-refractivity contribution in [2.24, 2.45) is 4.99 Å². The van der Waals surface area contributed by atoms with Crippen LogP contribution in [-0.4, -0.2) is 29.4 Å². The molecule has 0 fully saturated rings. The monoisotopic (exact) mass is 570 g/mol. The number of thiazole rings is 1. The number of hydrogen-bond donors (Lipinski definition) is 0. The third kappa shape index (κ3) is 5.43. The molecular weight excluding hydrogens is 544 g/mol. The first kappa shape index (κ1) is 27.4. The Morgan fingerprint density at radius 1 is 1.02 bits per heavy atom. The summed E-state index contributed by atoms with van der Waals surface area (Å²) in [6, 6.07) is 23.5. The van der Waals surface area contributed by atoms with E-state index in [4.69, 9.17) is 14.5 Å². The molecule has 7 nitrogen and oxygen atoms in total. The van der Waals surface area contributed by atoms with Gasteiger partial charge >= 0.3 is 11.9 Å². The largest absolute Gasteiger partial charge is 0.463 e. The van der Waals surface area contributed by atoms with Gasteiger partial charge in [-0.1, -0.05) is 72.0 Å². The van der Waals surface area contributed by atoms with Crippen molar-refractivity contribution < 1.29 is 19.1 Å². The highest BCUT2D eigenvalue weighted by Crippen LogP contribution is 2.35. The van der Waals surface area contributed by atoms with Crippen molar-refractivity contribution >= 4 is 46.8 Å². The summed E-state index contributed by atoms with van der Waals surface area (Å²) in [4.78, 5) is 45.6. The number of hydrogen-bond acceptors (Lipinski definition) is 8. The van der Waals surface area contributed by atoms with E-state index < -0.39 is 18.0 Å². The third-order valence-electron chi connectivity index (χ3n) is 6.26. The number of carbonyl (C=O) groups excluding carboxylic acids is 2. The number of aromatic nitrogens is 1. The second-order valence-corrected chi connectivity index (χ2v) is 10.7. The molecular formula is C31H26N2O5S2. The molecule has 2 heterocycles. The number of fused-ring (bicyclic) bond motifs is 1. The third-order valence-corrected chi connectivity index (χ3v) is 7.99. The van der Waals surface area contributed by atoms with E-state index in [1.54, 1.807) is 53.6 Å². The Kier molecular flexibility index (Phi) is 8.14. The van der Waals surface area contributed by atoms with Crippen molar-refractivity contribution in [3.8, 4) is 5.75 Å². The molecule has 0 bridgehead atoms. The molecule has 0 radical (unpaired) electrons. The van der Waals surface area contributed by atoms with Crippen molar-refractivity contribution in [1.29, 1.82) is 0 Å². The SMILES string of the molecule is CCOC(=O)C1=C(c2ccccc2)N=c2s/c(=C\c3ccccc3OC(C)=O)c(=O)n2[C@@H]1c1ccc(SC)cc1. The van der Waals surface area contributed by atoms with Gasteiger partial charge in [-0.05, 0) is 43.0 Å². The molecule has 0 unspecified atom stereocenters. The number of esters is 2. The van der Waals surface area contributed by atoms with Crippen LogP contribution in [0.4, 0.5) is 0 Å². The van der Waals surface area contributed by atoms with E-state index in [-0.39, 0.29) is 12.2 Å². The second-order valence-electron chi connectivity index (χ2n) is 8.84. The summed E-state index contributed by atoms with van der Waals surface area (Å²) in [5.41, 5.74) is 2.53. The lowest BCUT2D eigenvalue weighted by molar-refractivity contribution is -0.139. The highest BCUT2D eigenvalue weighted by Gasteiger charge is 2.35. The summed E-state index contributed by atoms with van der Waals surface area (Å²) in [7, 11) is 0. The zero-order chi connectivity index (χ0) is 28.2. The van der Waals surface area contributed by atoms with Gasteiger partial charge in [0, 0.05) is 22.9 Å². The van der Waals surface area contributed by atoms with Gasteiger partial charge in [-0.25, -0.2) is 9.79 Å². The highest BCUT2D eigenvalue weighted by atomic mass is 32.2. The van der Waals surface area contributed by atoms with Crippen LogP contribution in [0.3, 0.4) is 0 Å². The van der Waals surface area contributed by atoms with E-state index in [2.05, 4.69) is 0 Å². The molecule has 1 aliphatic rings. The quantitative estimate of drug-likeness (QED) is 0.184. The summed E-state index contributed by atoms with van der Waals surface area (Å²) in [6.07, 6.45) is 3.68. The maximum absolute atomic E-state index is 14.0. The van der Waals surface area contributed by atoms with E-state index in [0.29, 0.717) is 31.9 Å². The lowest BCUT2D eigenvalue weighted by atomic mass is 9.93. The first-order valence-electron chi connectivity index (χ1n) is 12.6. The molecule has 3 aromatic carbocycles. The normalized spacial score (nSPS) is 14.9. The van der Waals surface area contributed by atoms with Crippen molar-refractivity contribution in [2.75, 3.05) is 12.9 Å². The van der Waals surface area contributed by atoms with Gasteiger partial charge in [-0.15, -0.1) is 11.8 Å². The van der Waals surface area contributed by atoms with E-state index in [1.807, 2.05) is 60.9 Å². The standard InChI is InChI=1S/C31H26N2O5S2/c1-4-37-30(36)26-27(20-10-6-5-7-11-20)32-31-33(28(26)21-14-16-23(39-3)17-15-21)29(35)25(40-31)18-22-12-8-9-13-24(22)38-19(2)34/h5-18,28H,4H2,1-3H3/b25-18-/t28-/m1/s1. The Balaban J connectivity index is 1.81. The molecule has 0 amide bonds. The van der Waals surface area contributed by atoms with Gasteiger partial charge in [0.2, 0.25) is 0 Å². The zero-order valence-corrected chi connectivity index (χ0v) is 23.8. The predicted octanol–water partition coefficient (Wildman–Crippen LogP) is 4.58. The average Bonchev–Trinajstić information content (AvgIpc) is 3.28. The number of thioether (sulfide) groups is 1. The van der Waals surface area contributed by atoms with Crippen LogP contribution in [-0.2, 0) is 14.3 Å². The molecule has 0 spiro atoms. The number of rotatable bonds is 7. The Morgan fingerprint density at radius 3 is 2.40 bits per heavy atom. The fraction of sp³-hybridized carbons (Fsp3) is 0.161. The number of para-hydroxylation sites is 1. The van der Waals surface area contributed by atoms with Gasteiger partial charge in [0.15, 0.2) is 4.80 Å². The molecule has 1 atom stereocenters. The number of carbonyl (C=O) groups is 2. The van der Waals surface area contributed by atoms with Crippen molar-refractivity contribution in [3.05, 3.63) is 121 Å². The van der Waals surface area contributed by atoms with Gasteiger partial charge in [0.25, 0.3) is 5.56 Å². The van der Waals surface area contributed by atoms with Crippen molar-refractivity contribution in [1.82, 2.24) is 4.57 Å². The highest BCUT2D eigenvalue weighted by molar-refractivity contribution is 7.98. The van der Waals surface area contributed by atoms with E-state index in [0.717, 1.165) is 16.0 Å². The summed E-state index contributed by atoms with van der Waals surface area (Å²) in [5, 5.41) is 0. The van der Waals surface area contributed by atoms with Crippen LogP contribution in [0.2, 0.25) is 0 Å². The van der Waals surface area contributed by atoms with E-state index in [1.165, 1.54) is 18.3 Å². The Labute approximate surface area is 239 Å². The van der Waals surface area contributed by atoms with Crippen LogP contribution in [0.25, 0.3) is 11.8 Å². The van der Waals surface area contributed by atoms with E-state index >= 15 is 0 Å². The molecule has 4 aromatic rings. The average molecular weight is 571 g/mol. The molecule has 9 heteroatoms. The fourth-order valence-electron chi connectivity index (χ4n) is 4.53. The van der Waals surface area contributed by atoms with Gasteiger partial charge in [-0.3, -0.25) is 14.2 Å². The van der Waals surface area contributed by atoms with Crippen LogP contribution in [0.5, 0.6) is 5.75 Å². The maximum Gasteiger partial charge on any atom is 0.338 e. The first-order valence-corrected chi connectivity index (χ1v) is 14.6. The topological polar surface area (TPSA) is 87.0 Å². The first-order chi connectivity index (χ1) is 19.4. The summed E-state index contributed by atoms with van der Waals surface area (Å²) < 4.78 is 12.8. The molecule has 0 saturated carbocycles. The molecule has 0 saturated heterocycles. The zero-order valence-electron chi connectivity index (χ0n) is 22.1. The van der Waals surface area contributed by atoms with Crippen molar-refractivity contribution in [2.45, 2.75) is 24.8 Å². The summed E-state index contributed by atoms with van der Waals surface area (Å²) >= 11 is 2.82. The summed E-state index contributed by atoms with van der Waals surface area (Å²) in [6.45, 7) is 3.26. The van der Waals surface area contributed by atoms with Gasteiger partial charge in [-0.2, -0.15) is 0 Å². The van der Waals surface area contributed by atoms with Gasteiger partial charge in [0.1, 0.15) is 5.75 Å². The van der Waals surface area contributed by atoms with Crippen LogP contribution >= 0.6 is 23.1 Å². The lowest BCUT2D eigenvalue weighted by Crippen LogP contribution is -2.40. The minimum Gasteiger partial charge on any atom is -0.463 e. The number of benzene rings is 3. The molecule has 1 aromatic heterocycles. The molecule has 40 heavy (non-hydrogen) atoms. The fourth-order valence-corrected chi connectivity index (χ4v) is 5.93. The number of ether oxygens (including phenoxy) is 2. The maximum atomic E-state index is 14.0. The van der Waals surface area contributed by atoms with Crippen molar-refractivity contribution in [3.63, 3.8) is 0 Å². The van der Waals surface area contributed by atoms with Crippen LogP contribution < -0.4 is 19.6 Å². The molecule has 202 valence electrons. The number of nitrogens with zero attached hydrogens (tertiary/aromatic N) is 2. The second kappa shape index (κ2) is 11.9. The molecule has 5 rings (SSSR count). The predicted molar refractivity (Wildman–Crippen MR) is 157 cm³/mol. The Morgan fingerprint density at radius 2 is 1.73 bits per heavy atom. The molecule has 0 N–H and O–H groups in total. The minimum atomic E-state index is -0.757. The summed E-state index contributed by atoms with van der Waals surface area (Å²) in [5.74, 6) is -0.636. The Bertz CT molecular complexity index is 1790. The molecule has 0 aliphatic carbocycles. The van der Waals surface area contributed by atoms with Crippen LogP contribution in [0.15, 0.2) is 99.1 Å².